The van der Waals surface area contributed by atoms with Crippen LogP contribution in [0.15, 0.2) is 23.1 Å². The normalized spacial score (nSPS) is 9.62. The summed E-state index contributed by atoms with van der Waals surface area (Å²) < 4.78 is 0. The first kappa shape index (κ1) is 10.1. The summed E-state index contributed by atoms with van der Waals surface area (Å²) in [4.78, 5) is 1.25. The van der Waals surface area contributed by atoms with Crippen LogP contribution in [0.3, 0.4) is 0 Å². The van der Waals surface area contributed by atoms with E-state index in [1.807, 2.05) is 0 Å². The van der Waals surface area contributed by atoms with Crippen molar-refractivity contribution >= 4 is 11.8 Å². The van der Waals surface area contributed by atoms with Crippen LogP contribution >= 0.6 is 11.8 Å². The molecule has 0 bridgehead atoms. The van der Waals surface area contributed by atoms with Gasteiger partial charge in [0.1, 0.15) is 0 Å². The van der Waals surface area contributed by atoms with Crippen molar-refractivity contribution in [3.63, 3.8) is 0 Å². The van der Waals surface area contributed by atoms with E-state index >= 15 is 0 Å². The SMILES string of the molecule is CCc1cc(C)ccc1SCC#N. The first-order valence-corrected chi connectivity index (χ1v) is 5.35. The topological polar surface area (TPSA) is 23.8 Å². The Hall–Kier alpha value is -0.940. The van der Waals surface area contributed by atoms with Crippen LogP contribution in [0.5, 0.6) is 0 Å². The highest BCUT2D eigenvalue weighted by molar-refractivity contribution is 7.99. The average Bonchev–Trinajstić information content (AvgIpc) is 2.16. The van der Waals surface area contributed by atoms with Gasteiger partial charge in [0.25, 0.3) is 0 Å². The molecule has 1 aromatic carbocycles. The third kappa shape index (κ3) is 2.78. The summed E-state index contributed by atoms with van der Waals surface area (Å²) in [6.45, 7) is 4.24. The zero-order chi connectivity index (χ0) is 9.68. The number of aryl methyl sites for hydroxylation is 2. The van der Waals surface area contributed by atoms with Crippen molar-refractivity contribution in [2.75, 3.05) is 5.75 Å². The smallest absolute Gasteiger partial charge is 0.0855 e. The lowest BCUT2D eigenvalue weighted by Crippen LogP contribution is -1.87. The van der Waals surface area contributed by atoms with Gasteiger partial charge >= 0.3 is 0 Å². The molecule has 0 aliphatic heterocycles. The van der Waals surface area contributed by atoms with Crippen LogP contribution in [0.25, 0.3) is 0 Å². The molecule has 0 saturated heterocycles. The van der Waals surface area contributed by atoms with Crippen molar-refractivity contribution in [2.24, 2.45) is 0 Å². The van der Waals surface area contributed by atoms with Crippen molar-refractivity contribution in [1.29, 1.82) is 5.26 Å². The van der Waals surface area contributed by atoms with E-state index in [0.29, 0.717) is 5.75 Å². The van der Waals surface area contributed by atoms with Crippen molar-refractivity contribution in [3.8, 4) is 6.07 Å². The van der Waals surface area contributed by atoms with Gasteiger partial charge < -0.3 is 0 Å². The van der Waals surface area contributed by atoms with Gasteiger partial charge in [-0.15, -0.1) is 11.8 Å². The van der Waals surface area contributed by atoms with E-state index in [2.05, 4.69) is 38.1 Å². The highest BCUT2D eigenvalue weighted by Gasteiger charge is 2.00. The summed E-state index contributed by atoms with van der Waals surface area (Å²) in [6, 6.07) is 8.54. The molecule has 0 saturated carbocycles. The summed E-state index contributed by atoms with van der Waals surface area (Å²) in [5.41, 5.74) is 2.64. The molecule has 0 N–H and O–H groups in total. The van der Waals surface area contributed by atoms with Crippen molar-refractivity contribution in [3.05, 3.63) is 29.3 Å². The van der Waals surface area contributed by atoms with E-state index in [1.54, 1.807) is 11.8 Å². The zero-order valence-corrected chi connectivity index (χ0v) is 8.82. The molecule has 0 unspecified atom stereocenters. The lowest BCUT2D eigenvalue weighted by atomic mass is 10.1. The third-order valence-corrected chi connectivity index (χ3v) is 2.87. The molecule has 1 nitrogen and oxygen atoms in total. The van der Waals surface area contributed by atoms with Gasteiger partial charge in [-0.25, -0.2) is 0 Å². The van der Waals surface area contributed by atoms with Crippen LogP contribution < -0.4 is 0 Å². The van der Waals surface area contributed by atoms with Gasteiger partial charge in [0.05, 0.1) is 11.8 Å². The quantitative estimate of drug-likeness (QED) is 0.685. The van der Waals surface area contributed by atoms with Gasteiger partial charge in [0, 0.05) is 4.90 Å². The van der Waals surface area contributed by atoms with Crippen LogP contribution in [0, 0.1) is 18.3 Å². The molecule has 0 aromatic heterocycles. The average molecular weight is 191 g/mol. The Morgan fingerprint density at radius 1 is 1.46 bits per heavy atom. The second kappa shape index (κ2) is 4.94. The van der Waals surface area contributed by atoms with Crippen LogP contribution in [0.4, 0.5) is 0 Å². The maximum atomic E-state index is 8.47. The first-order chi connectivity index (χ1) is 6.27. The molecule has 2 heteroatoms. The number of hydrogen-bond donors (Lipinski definition) is 0. The van der Waals surface area contributed by atoms with Crippen LogP contribution in [0.1, 0.15) is 18.1 Å². The van der Waals surface area contributed by atoms with E-state index in [0.717, 1.165) is 6.42 Å². The molecule has 68 valence electrons. The molecule has 0 atom stereocenters. The Balaban J connectivity index is 2.87. The molecule has 0 aliphatic rings. The Labute approximate surface area is 83.8 Å². The number of thioether (sulfide) groups is 1. The monoisotopic (exact) mass is 191 g/mol. The Kier molecular flexibility index (Phi) is 3.85. The number of rotatable bonds is 3. The fourth-order valence-corrected chi connectivity index (χ4v) is 2.01. The van der Waals surface area contributed by atoms with E-state index in [9.17, 15) is 0 Å². The van der Waals surface area contributed by atoms with Crippen molar-refractivity contribution < 1.29 is 0 Å². The fourth-order valence-electron chi connectivity index (χ4n) is 1.24. The maximum Gasteiger partial charge on any atom is 0.0855 e. The van der Waals surface area contributed by atoms with Gasteiger partial charge in [0.2, 0.25) is 0 Å². The van der Waals surface area contributed by atoms with Gasteiger partial charge in [0.15, 0.2) is 0 Å². The molecule has 1 aromatic rings. The summed E-state index contributed by atoms with van der Waals surface area (Å²) in [5, 5.41) is 8.47. The molecular weight excluding hydrogens is 178 g/mol. The predicted octanol–water partition coefficient (Wildman–Crippen LogP) is 3.17. The third-order valence-electron chi connectivity index (χ3n) is 1.89. The standard InChI is InChI=1S/C11H13NS/c1-3-10-8-9(2)4-5-11(10)13-7-6-12/h4-5,8H,3,7H2,1-2H3. The highest BCUT2D eigenvalue weighted by Crippen LogP contribution is 2.23. The summed E-state index contributed by atoms with van der Waals surface area (Å²) in [6.07, 6.45) is 1.04. The minimum absolute atomic E-state index is 0.538. The van der Waals surface area contributed by atoms with E-state index in [4.69, 9.17) is 5.26 Å². The molecule has 0 amide bonds. The molecular formula is C11H13NS. The highest BCUT2D eigenvalue weighted by atomic mass is 32.2. The Bertz CT molecular complexity index is 325. The minimum atomic E-state index is 0.538. The molecule has 1 rings (SSSR count). The first-order valence-electron chi connectivity index (χ1n) is 4.37. The van der Waals surface area contributed by atoms with Crippen molar-refractivity contribution in [1.82, 2.24) is 0 Å². The van der Waals surface area contributed by atoms with Gasteiger partial charge in [-0.3, -0.25) is 0 Å². The largest absolute Gasteiger partial charge is 0.197 e. The zero-order valence-electron chi connectivity index (χ0n) is 8.00. The number of hydrogen-bond acceptors (Lipinski definition) is 2. The molecule has 0 aliphatic carbocycles. The molecule has 0 spiro atoms. The van der Waals surface area contributed by atoms with Crippen LogP contribution in [-0.4, -0.2) is 5.75 Å². The molecule has 0 heterocycles. The van der Waals surface area contributed by atoms with Crippen LogP contribution in [0.2, 0.25) is 0 Å². The maximum absolute atomic E-state index is 8.47. The second-order valence-electron chi connectivity index (χ2n) is 2.91. The molecule has 0 radical (unpaired) electrons. The Morgan fingerprint density at radius 3 is 2.85 bits per heavy atom. The summed E-state index contributed by atoms with van der Waals surface area (Å²) in [7, 11) is 0. The lowest BCUT2D eigenvalue weighted by Gasteiger charge is -2.05. The second-order valence-corrected chi connectivity index (χ2v) is 3.93. The number of nitriles is 1. The van der Waals surface area contributed by atoms with E-state index in [1.165, 1.54) is 16.0 Å². The van der Waals surface area contributed by atoms with E-state index in [-0.39, 0.29) is 0 Å². The van der Waals surface area contributed by atoms with Gasteiger partial charge in [-0.05, 0) is 25.0 Å². The number of nitrogens with zero attached hydrogens (tertiary/aromatic N) is 1. The van der Waals surface area contributed by atoms with Gasteiger partial charge in [-0.2, -0.15) is 5.26 Å². The fraction of sp³-hybridized carbons (Fsp3) is 0.364. The van der Waals surface area contributed by atoms with E-state index < -0.39 is 0 Å². The lowest BCUT2D eigenvalue weighted by molar-refractivity contribution is 1.07. The van der Waals surface area contributed by atoms with Gasteiger partial charge in [-0.1, -0.05) is 24.6 Å². The predicted molar refractivity (Wildman–Crippen MR) is 56.9 cm³/mol. The molecule has 13 heavy (non-hydrogen) atoms. The van der Waals surface area contributed by atoms with Crippen molar-refractivity contribution in [2.45, 2.75) is 25.2 Å². The van der Waals surface area contributed by atoms with Crippen LogP contribution in [-0.2, 0) is 6.42 Å². The number of benzene rings is 1. The Morgan fingerprint density at radius 2 is 2.23 bits per heavy atom. The summed E-state index contributed by atoms with van der Waals surface area (Å²) >= 11 is 1.62. The summed E-state index contributed by atoms with van der Waals surface area (Å²) in [5.74, 6) is 0.538. The molecule has 0 fully saturated rings. The minimum Gasteiger partial charge on any atom is -0.197 e.